The number of nitrogens with zero attached hydrogens (tertiary/aromatic N) is 2. The summed E-state index contributed by atoms with van der Waals surface area (Å²) in [7, 11) is 0. The van der Waals surface area contributed by atoms with Gasteiger partial charge in [-0.3, -0.25) is 10.1 Å². The molecule has 1 N–H and O–H groups in total. The summed E-state index contributed by atoms with van der Waals surface area (Å²) in [5.74, 6) is 0.306. The Morgan fingerprint density at radius 2 is 2.12 bits per heavy atom. The molecule has 6 heteroatoms. The van der Waals surface area contributed by atoms with Crippen molar-refractivity contribution in [2.24, 2.45) is 5.41 Å². The molecule has 0 saturated carbocycles. The zero-order valence-corrected chi connectivity index (χ0v) is 11.9. The fourth-order valence-electron chi connectivity index (χ4n) is 1.10. The number of aromatic nitrogens is 1. The summed E-state index contributed by atoms with van der Waals surface area (Å²) in [6, 6.07) is 1.53. The highest BCUT2D eigenvalue weighted by molar-refractivity contribution is 9.10. The summed E-state index contributed by atoms with van der Waals surface area (Å²) in [4.78, 5) is 14.5. The number of nitrogens with one attached hydrogen (secondary N) is 1. The van der Waals surface area contributed by atoms with Gasteiger partial charge in [0.25, 0.3) is 0 Å². The van der Waals surface area contributed by atoms with Gasteiger partial charge in [-0.25, -0.2) is 4.98 Å². The Labute approximate surface area is 109 Å². The second-order valence-corrected chi connectivity index (χ2v) is 5.93. The average molecular weight is 302 g/mol. The number of hydrogen-bond donors (Lipinski definition) is 1. The van der Waals surface area contributed by atoms with Crippen molar-refractivity contribution in [1.82, 2.24) is 4.98 Å². The monoisotopic (exact) mass is 301 g/mol. The van der Waals surface area contributed by atoms with Gasteiger partial charge in [-0.15, -0.1) is 0 Å². The molecule has 1 unspecified atom stereocenters. The molecule has 0 aromatic carbocycles. The van der Waals surface area contributed by atoms with Crippen LogP contribution in [0.4, 0.5) is 11.5 Å². The minimum Gasteiger partial charge on any atom is -0.361 e. The molecule has 1 heterocycles. The van der Waals surface area contributed by atoms with Crippen LogP contribution in [0.1, 0.15) is 27.7 Å². The molecule has 1 aromatic heterocycles. The third-order valence-electron chi connectivity index (χ3n) is 2.68. The number of nitro groups is 1. The zero-order chi connectivity index (χ0) is 13.2. The van der Waals surface area contributed by atoms with E-state index in [0.717, 1.165) is 0 Å². The standard InChI is InChI=1S/C11H16BrN3O2/c1-7(11(2,3)4)14-10-9(15(16)17)5-8(12)6-13-10/h5-7H,1-4H3,(H,13,14). The number of anilines is 1. The van der Waals surface area contributed by atoms with Crippen molar-refractivity contribution in [1.29, 1.82) is 0 Å². The Hall–Kier alpha value is -1.17. The lowest BCUT2D eigenvalue weighted by atomic mass is 9.88. The van der Waals surface area contributed by atoms with Gasteiger partial charge in [0.1, 0.15) is 0 Å². The van der Waals surface area contributed by atoms with E-state index >= 15 is 0 Å². The number of pyridine rings is 1. The second-order valence-electron chi connectivity index (χ2n) is 5.01. The first-order valence-corrected chi connectivity index (χ1v) is 6.07. The van der Waals surface area contributed by atoms with Gasteiger partial charge in [0.15, 0.2) is 0 Å². The molecule has 0 aliphatic rings. The molecule has 0 fully saturated rings. The fraction of sp³-hybridized carbons (Fsp3) is 0.545. The maximum absolute atomic E-state index is 10.9. The molecule has 0 aliphatic carbocycles. The minimum atomic E-state index is -0.435. The van der Waals surface area contributed by atoms with Crippen molar-refractivity contribution in [3.63, 3.8) is 0 Å². The number of rotatable bonds is 3. The molecular formula is C11H16BrN3O2. The van der Waals surface area contributed by atoms with Gasteiger partial charge in [-0.05, 0) is 28.3 Å². The summed E-state index contributed by atoms with van der Waals surface area (Å²) < 4.78 is 0.596. The molecule has 0 aliphatic heterocycles. The van der Waals surface area contributed by atoms with Crippen molar-refractivity contribution in [2.45, 2.75) is 33.7 Å². The van der Waals surface area contributed by atoms with Crippen LogP contribution in [-0.2, 0) is 0 Å². The highest BCUT2D eigenvalue weighted by Gasteiger charge is 2.24. The summed E-state index contributed by atoms with van der Waals surface area (Å²) in [6.45, 7) is 8.17. The van der Waals surface area contributed by atoms with E-state index in [1.165, 1.54) is 6.07 Å². The number of hydrogen-bond acceptors (Lipinski definition) is 4. The van der Waals surface area contributed by atoms with Crippen molar-refractivity contribution >= 4 is 27.4 Å². The van der Waals surface area contributed by atoms with Crippen LogP contribution in [0.2, 0.25) is 0 Å². The smallest absolute Gasteiger partial charge is 0.312 e. The summed E-state index contributed by atoms with van der Waals surface area (Å²) >= 11 is 3.18. The van der Waals surface area contributed by atoms with E-state index in [1.54, 1.807) is 6.20 Å². The third kappa shape index (κ3) is 3.66. The van der Waals surface area contributed by atoms with Gasteiger partial charge in [0.2, 0.25) is 5.82 Å². The van der Waals surface area contributed by atoms with Gasteiger partial charge in [-0.2, -0.15) is 0 Å². The molecule has 0 spiro atoms. The molecule has 0 radical (unpaired) electrons. The molecule has 0 saturated heterocycles. The molecule has 17 heavy (non-hydrogen) atoms. The molecule has 0 amide bonds. The van der Waals surface area contributed by atoms with Crippen LogP contribution in [0.5, 0.6) is 0 Å². The van der Waals surface area contributed by atoms with E-state index in [2.05, 4.69) is 47.0 Å². The molecule has 1 rings (SSSR count). The normalized spacial score (nSPS) is 13.2. The highest BCUT2D eigenvalue weighted by Crippen LogP contribution is 2.29. The van der Waals surface area contributed by atoms with Crippen LogP contribution < -0.4 is 5.32 Å². The van der Waals surface area contributed by atoms with E-state index < -0.39 is 4.92 Å². The Kier molecular flexibility index (Phi) is 4.08. The Bertz CT molecular complexity index is 429. The molecule has 1 atom stereocenters. The maximum atomic E-state index is 10.9. The van der Waals surface area contributed by atoms with Gasteiger partial charge < -0.3 is 5.32 Å². The molecule has 0 bridgehead atoms. The van der Waals surface area contributed by atoms with E-state index in [9.17, 15) is 10.1 Å². The van der Waals surface area contributed by atoms with Crippen LogP contribution in [0.3, 0.4) is 0 Å². The van der Waals surface area contributed by atoms with E-state index in [1.807, 2.05) is 6.92 Å². The van der Waals surface area contributed by atoms with Crippen LogP contribution in [0.25, 0.3) is 0 Å². The topological polar surface area (TPSA) is 68.1 Å². The maximum Gasteiger partial charge on any atom is 0.312 e. The van der Waals surface area contributed by atoms with Crippen LogP contribution in [0.15, 0.2) is 16.7 Å². The van der Waals surface area contributed by atoms with Crippen molar-refractivity contribution in [3.05, 3.63) is 26.9 Å². The SMILES string of the molecule is CC(Nc1ncc(Br)cc1[N+](=O)[O-])C(C)(C)C. The summed E-state index contributed by atoms with van der Waals surface area (Å²) in [5, 5.41) is 14.0. The number of halogens is 1. The van der Waals surface area contributed by atoms with Gasteiger partial charge in [-0.1, -0.05) is 20.8 Å². The summed E-state index contributed by atoms with van der Waals surface area (Å²) in [5.41, 5.74) is -0.0155. The average Bonchev–Trinajstić information content (AvgIpc) is 2.18. The lowest BCUT2D eigenvalue weighted by Crippen LogP contribution is -2.31. The van der Waals surface area contributed by atoms with E-state index in [-0.39, 0.29) is 17.1 Å². The largest absolute Gasteiger partial charge is 0.361 e. The molecule has 94 valence electrons. The molecular weight excluding hydrogens is 286 g/mol. The zero-order valence-electron chi connectivity index (χ0n) is 10.3. The van der Waals surface area contributed by atoms with Gasteiger partial charge in [0.05, 0.1) is 4.92 Å². The second kappa shape index (κ2) is 5.00. The van der Waals surface area contributed by atoms with Crippen molar-refractivity contribution < 1.29 is 4.92 Å². The van der Waals surface area contributed by atoms with Crippen LogP contribution in [0, 0.1) is 15.5 Å². The summed E-state index contributed by atoms with van der Waals surface area (Å²) in [6.07, 6.45) is 1.55. The lowest BCUT2D eigenvalue weighted by Gasteiger charge is -2.28. The third-order valence-corrected chi connectivity index (χ3v) is 3.12. The minimum absolute atomic E-state index is 0.00260. The molecule has 5 nitrogen and oxygen atoms in total. The van der Waals surface area contributed by atoms with E-state index in [4.69, 9.17) is 0 Å². The Balaban J connectivity index is 3.03. The van der Waals surface area contributed by atoms with E-state index in [0.29, 0.717) is 10.3 Å². The van der Waals surface area contributed by atoms with Gasteiger partial charge in [0, 0.05) is 22.8 Å². The lowest BCUT2D eigenvalue weighted by molar-refractivity contribution is -0.384. The van der Waals surface area contributed by atoms with Crippen LogP contribution >= 0.6 is 15.9 Å². The Morgan fingerprint density at radius 1 is 1.53 bits per heavy atom. The quantitative estimate of drug-likeness (QED) is 0.684. The highest BCUT2D eigenvalue weighted by atomic mass is 79.9. The van der Waals surface area contributed by atoms with Gasteiger partial charge >= 0.3 is 5.69 Å². The fourth-order valence-corrected chi connectivity index (χ4v) is 1.42. The van der Waals surface area contributed by atoms with Crippen LogP contribution in [-0.4, -0.2) is 15.9 Å². The predicted octanol–water partition coefficient (Wildman–Crippen LogP) is 3.60. The molecule has 1 aromatic rings. The predicted molar refractivity (Wildman–Crippen MR) is 71.1 cm³/mol. The van der Waals surface area contributed by atoms with Crippen molar-refractivity contribution in [2.75, 3.05) is 5.32 Å². The Morgan fingerprint density at radius 3 is 2.59 bits per heavy atom. The first-order chi connectivity index (χ1) is 7.71. The first-order valence-electron chi connectivity index (χ1n) is 5.28. The first kappa shape index (κ1) is 13.9. The van der Waals surface area contributed by atoms with Crippen molar-refractivity contribution in [3.8, 4) is 0 Å².